The van der Waals surface area contributed by atoms with Crippen molar-refractivity contribution in [2.24, 2.45) is 5.41 Å². The van der Waals surface area contributed by atoms with Gasteiger partial charge < -0.3 is 18.6 Å². The lowest BCUT2D eigenvalue weighted by atomic mass is 9.66. The molecule has 1 atom stereocenters. The van der Waals surface area contributed by atoms with E-state index < -0.39 is 11.5 Å². The molecule has 2 heterocycles. The minimum Gasteiger partial charge on any atom is -0.461 e. The summed E-state index contributed by atoms with van der Waals surface area (Å²) in [7, 11) is 1.70. The SMILES string of the molecule is COCc1ccccc1.Cc1ccc(C#Cc2ccc3oc(CC4(C(=O)OCC5C/C(=C\c6ccccc6)C(=O)O5)CCC4)cc3c2)cc1. The van der Waals surface area contributed by atoms with Gasteiger partial charge >= 0.3 is 11.9 Å². The number of furan rings is 1. The molecule has 1 aromatic heterocycles. The molecule has 6 nitrogen and oxygen atoms in total. The Balaban J connectivity index is 0.000000403. The summed E-state index contributed by atoms with van der Waals surface area (Å²) in [5, 5.41) is 0.962. The van der Waals surface area contributed by atoms with E-state index in [1.807, 2.05) is 103 Å². The van der Waals surface area contributed by atoms with Crippen molar-refractivity contribution in [3.05, 3.63) is 148 Å². The highest BCUT2D eigenvalue weighted by molar-refractivity contribution is 5.95. The fourth-order valence-corrected chi connectivity index (χ4v) is 6.06. The van der Waals surface area contributed by atoms with Gasteiger partial charge in [0.15, 0.2) is 0 Å². The number of carbonyl (C=O) groups is 2. The second-order valence-corrected chi connectivity index (χ2v) is 12.7. The smallest absolute Gasteiger partial charge is 0.334 e. The van der Waals surface area contributed by atoms with Crippen LogP contribution in [0.5, 0.6) is 0 Å². The van der Waals surface area contributed by atoms with Crippen molar-refractivity contribution in [3.8, 4) is 11.8 Å². The maximum absolute atomic E-state index is 13.2. The summed E-state index contributed by atoms with van der Waals surface area (Å²) >= 11 is 0. The van der Waals surface area contributed by atoms with Gasteiger partial charge in [0.2, 0.25) is 0 Å². The summed E-state index contributed by atoms with van der Waals surface area (Å²) in [6.07, 6.45) is 4.74. The van der Waals surface area contributed by atoms with Crippen molar-refractivity contribution in [2.45, 2.75) is 51.7 Å². The molecule has 4 aromatic carbocycles. The average molecular weight is 653 g/mol. The second kappa shape index (κ2) is 15.7. The van der Waals surface area contributed by atoms with Gasteiger partial charge in [-0.25, -0.2) is 4.79 Å². The number of hydrogen-bond acceptors (Lipinski definition) is 6. The van der Waals surface area contributed by atoms with Crippen LogP contribution in [-0.4, -0.2) is 31.8 Å². The van der Waals surface area contributed by atoms with Gasteiger partial charge in [0.05, 0.1) is 12.0 Å². The highest BCUT2D eigenvalue weighted by Crippen LogP contribution is 2.45. The van der Waals surface area contributed by atoms with Gasteiger partial charge in [-0.05, 0) is 73.4 Å². The summed E-state index contributed by atoms with van der Waals surface area (Å²) in [6.45, 7) is 2.82. The number of esters is 2. The second-order valence-electron chi connectivity index (χ2n) is 12.7. The number of carbonyl (C=O) groups excluding carboxylic acids is 2. The molecule has 1 aliphatic carbocycles. The van der Waals surface area contributed by atoms with E-state index in [0.29, 0.717) is 25.0 Å². The summed E-state index contributed by atoms with van der Waals surface area (Å²) in [5.41, 5.74) is 6.01. The first-order chi connectivity index (χ1) is 23.9. The van der Waals surface area contributed by atoms with Crippen molar-refractivity contribution in [1.82, 2.24) is 0 Å². The zero-order valence-corrected chi connectivity index (χ0v) is 27.9. The Bertz CT molecular complexity index is 1970. The largest absolute Gasteiger partial charge is 0.461 e. The van der Waals surface area contributed by atoms with Crippen LogP contribution in [0.15, 0.2) is 119 Å². The zero-order valence-electron chi connectivity index (χ0n) is 27.9. The number of methoxy groups -OCH3 is 1. The van der Waals surface area contributed by atoms with Crippen molar-refractivity contribution < 1.29 is 28.2 Å². The van der Waals surface area contributed by atoms with Gasteiger partial charge in [-0.3, -0.25) is 4.79 Å². The molecular weight excluding hydrogens is 612 g/mol. The van der Waals surface area contributed by atoms with Gasteiger partial charge in [0, 0.05) is 42.0 Å². The third kappa shape index (κ3) is 8.76. The van der Waals surface area contributed by atoms with E-state index in [1.54, 1.807) is 7.11 Å². The summed E-state index contributed by atoms with van der Waals surface area (Å²) in [5.74, 6) is 6.59. The molecule has 0 amide bonds. The Labute approximate surface area is 287 Å². The first kappa shape index (κ1) is 33.5. The van der Waals surface area contributed by atoms with Crippen molar-refractivity contribution in [2.75, 3.05) is 13.7 Å². The van der Waals surface area contributed by atoms with Crippen LogP contribution in [0, 0.1) is 24.2 Å². The standard InChI is InChI=1S/C35H30O5.C8H10O/c1-24-8-10-25(11-9-24)12-13-27-14-15-32-28(18-27)20-30(39-32)22-35(16-5-17-35)34(37)38-23-31-21-29(33(36)40-31)19-26-6-3-2-4-7-26;1-9-7-8-5-3-2-4-6-8/h2-4,6-11,14-15,18-20,31H,5,16-17,21-23H2,1H3;2-6H,7H2,1H3/b29-19+;. The molecule has 2 fully saturated rings. The summed E-state index contributed by atoms with van der Waals surface area (Å²) in [4.78, 5) is 25.6. The van der Waals surface area contributed by atoms with Gasteiger partial charge in [0.25, 0.3) is 0 Å². The number of rotatable bonds is 8. The molecular formula is C43H40O6. The molecule has 1 aliphatic heterocycles. The van der Waals surface area contributed by atoms with Crippen LogP contribution in [0.4, 0.5) is 0 Å². The highest BCUT2D eigenvalue weighted by Gasteiger charge is 2.47. The van der Waals surface area contributed by atoms with Gasteiger partial charge in [0.1, 0.15) is 24.1 Å². The first-order valence-corrected chi connectivity index (χ1v) is 16.7. The number of aryl methyl sites for hydroxylation is 1. The molecule has 1 unspecified atom stereocenters. The highest BCUT2D eigenvalue weighted by atomic mass is 16.6. The van der Waals surface area contributed by atoms with E-state index in [9.17, 15) is 9.59 Å². The molecule has 1 saturated carbocycles. The summed E-state index contributed by atoms with van der Waals surface area (Å²) in [6, 6.07) is 35.8. The fraction of sp³-hybridized carbons (Fsp3) is 0.256. The number of hydrogen-bond donors (Lipinski definition) is 0. The van der Waals surface area contributed by atoms with E-state index >= 15 is 0 Å². The molecule has 6 heteroatoms. The van der Waals surface area contributed by atoms with E-state index in [2.05, 4.69) is 30.9 Å². The topological polar surface area (TPSA) is 75.0 Å². The quantitative estimate of drug-likeness (QED) is 0.0949. The van der Waals surface area contributed by atoms with Crippen LogP contribution < -0.4 is 0 Å². The van der Waals surface area contributed by atoms with E-state index in [0.717, 1.165) is 52.7 Å². The molecule has 0 radical (unpaired) electrons. The Morgan fingerprint density at radius 2 is 1.59 bits per heavy atom. The van der Waals surface area contributed by atoms with Crippen LogP contribution >= 0.6 is 0 Å². The predicted molar refractivity (Wildman–Crippen MR) is 190 cm³/mol. The molecule has 0 N–H and O–H groups in total. The minimum absolute atomic E-state index is 0.0571. The Morgan fingerprint density at radius 3 is 2.29 bits per heavy atom. The van der Waals surface area contributed by atoms with E-state index in [1.165, 1.54) is 11.1 Å². The van der Waals surface area contributed by atoms with Gasteiger partial charge in [-0.15, -0.1) is 0 Å². The third-order valence-corrected chi connectivity index (χ3v) is 8.90. The normalized spacial score (nSPS) is 16.9. The molecule has 0 spiro atoms. The number of fused-ring (bicyclic) bond motifs is 1. The minimum atomic E-state index is -0.604. The Morgan fingerprint density at radius 1 is 0.898 bits per heavy atom. The number of benzene rings is 4. The van der Waals surface area contributed by atoms with Crippen molar-refractivity contribution >= 4 is 29.0 Å². The van der Waals surface area contributed by atoms with Crippen LogP contribution in [0.2, 0.25) is 0 Å². The van der Waals surface area contributed by atoms with Crippen LogP contribution in [0.25, 0.3) is 17.0 Å². The lowest BCUT2D eigenvalue weighted by Gasteiger charge is -2.38. The molecule has 7 rings (SSSR count). The number of cyclic esters (lactones) is 1. The van der Waals surface area contributed by atoms with E-state index in [-0.39, 0.29) is 18.5 Å². The number of ether oxygens (including phenoxy) is 3. The molecule has 248 valence electrons. The first-order valence-electron chi connectivity index (χ1n) is 16.7. The summed E-state index contributed by atoms with van der Waals surface area (Å²) < 4.78 is 22.2. The van der Waals surface area contributed by atoms with Gasteiger partial charge in [-0.1, -0.05) is 96.6 Å². The Hall–Kier alpha value is -5.38. The average Bonchev–Trinajstić information content (AvgIpc) is 3.67. The Kier molecular flexibility index (Phi) is 10.7. The van der Waals surface area contributed by atoms with Crippen molar-refractivity contribution in [3.63, 3.8) is 0 Å². The van der Waals surface area contributed by atoms with Crippen LogP contribution in [0.3, 0.4) is 0 Å². The van der Waals surface area contributed by atoms with Crippen LogP contribution in [-0.2, 0) is 36.8 Å². The molecule has 2 aliphatic rings. The lowest BCUT2D eigenvalue weighted by Crippen LogP contribution is -2.42. The maximum atomic E-state index is 13.2. The van der Waals surface area contributed by atoms with Crippen LogP contribution in [0.1, 0.15) is 59.3 Å². The molecule has 1 saturated heterocycles. The maximum Gasteiger partial charge on any atom is 0.334 e. The predicted octanol–water partition coefficient (Wildman–Crippen LogP) is 8.63. The molecule has 5 aromatic rings. The lowest BCUT2D eigenvalue weighted by molar-refractivity contribution is -0.167. The van der Waals surface area contributed by atoms with Gasteiger partial charge in [-0.2, -0.15) is 0 Å². The monoisotopic (exact) mass is 652 g/mol. The third-order valence-electron chi connectivity index (χ3n) is 8.90. The van der Waals surface area contributed by atoms with E-state index in [4.69, 9.17) is 18.6 Å². The zero-order chi connectivity index (χ0) is 34.1. The fourth-order valence-electron chi connectivity index (χ4n) is 6.06. The molecule has 49 heavy (non-hydrogen) atoms. The molecule has 0 bridgehead atoms. The van der Waals surface area contributed by atoms with Crippen molar-refractivity contribution in [1.29, 1.82) is 0 Å².